The third-order valence-electron chi connectivity index (χ3n) is 5.07. The van der Waals surface area contributed by atoms with E-state index in [4.69, 9.17) is 4.74 Å². The zero-order valence-corrected chi connectivity index (χ0v) is 15.8. The summed E-state index contributed by atoms with van der Waals surface area (Å²) in [6.45, 7) is 2.50. The molecule has 8 heteroatoms. The highest BCUT2D eigenvalue weighted by Gasteiger charge is 2.23. The number of amides is 1. The molecule has 0 radical (unpaired) electrons. The third-order valence-corrected chi connectivity index (χ3v) is 5.07. The first-order valence-corrected chi connectivity index (χ1v) is 9.68. The standard InChI is InChI=1S/C20H23N5O3/c1-2-11-25-19(27)16-18(23-17(22-16)13-5-3-4-6-13)24-20(25)28-15-9-7-14(8-10-15)21-12-26/h7-10,12-13H,2-6,11H2,1H3,(H,21,26)(H,22,23). The zero-order chi connectivity index (χ0) is 19.5. The molecule has 1 aromatic carbocycles. The van der Waals surface area contributed by atoms with Crippen LogP contribution >= 0.6 is 0 Å². The van der Waals surface area contributed by atoms with E-state index in [0.717, 1.165) is 25.1 Å². The molecule has 4 rings (SSSR count). The molecule has 8 nitrogen and oxygen atoms in total. The Balaban J connectivity index is 1.72. The van der Waals surface area contributed by atoms with E-state index in [9.17, 15) is 9.59 Å². The average molecular weight is 381 g/mol. The fourth-order valence-corrected chi connectivity index (χ4v) is 3.67. The maximum atomic E-state index is 13.0. The monoisotopic (exact) mass is 381 g/mol. The number of aromatic nitrogens is 4. The van der Waals surface area contributed by atoms with Gasteiger partial charge in [0, 0.05) is 18.2 Å². The molecule has 3 aromatic rings. The molecule has 1 aliphatic carbocycles. The number of anilines is 1. The molecule has 0 saturated heterocycles. The Morgan fingerprint density at radius 2 is 2.00 bits per heavy atom. The minimum absolute atomic E-state index is 0.169. The van der Waals surface area contributed by atoms with Gasteiger partial charge in [-0.15, -0.1) is 0 Å². The fraction of sp³-hybridized carbons (Fsp3) is 0.400. The van der Waals surface area contributed by atoms with Gasteiger partial charge in [-0.2, -0.15) is 4.98 Å². The first-order valence-electron chi connectivity index (χ1n) is 9.68. The van der Waals surface area contributed by atoms with E-state index in [0.29, 0.717) is 41.5 Å². The van der Waals surface area contributed by atoms with E-state index in [-0.39, 0.29) is 11.6 Å². The number of H-pyrrole nitrogens is 1. The van der Waals surface area contributed by atoms with Gasteiger partial charge in [-0.25, -0.2) is 4.98 Å². The van der Waals surface area contributed by atoms with Crippen LogP contribution in [0.1, 0.15) is 50.8 Å². The largest absolute Gasteiger partial charge is 0.425 e. The van der Waals surface area contributed by atoms with Crippen molar-refractivity contribution in [2.24, 2.45) is 0 Å². The average Bonchev–Trinajstić information content (AvgIpc) is 3.36. The number of fused-ring (bicyclic) bond motifs is 1. The smallest absolute Gasteiger partial charge is 0.306 e. The second-order valence-corrected chi connectivity index (χ2v) is 7.04. The number of imidazole rings is 1. The maximum Gasteiger partial charge on any atom is 0.306 e. The number of hydrogen-bond donors (Lipinski definition) is 2. The lowest BCUT2D eigenvalue weighted by atomic mass is 10.1. The Morgan fingerprint density at radius 3 is 2.68 bits per heavy atom. The van der Waals surface area contributed by atoms with Crippen LogP contribution in [-0.2, 0) is 11.3 Å². The number of ether oxygens (including phenoxy) is 1. The Labute approximate surface area is 162 Å². The first-order chi connectivity index (χ1) is 13.7. The number of benzene rings is 1. The van der Waals surface area contributed by atoms with Gasteiger partial charge in [0.05, 0.1) is 0 Å². The Kier molecular flexibility index (Phi) is 5.10. The van der Waals surface area contributed by atoms with Crippen molar-refractivity contribution in [3.8, 4) is 11.8 Å². The summed E-state index contributed by atoms with van der Waals surface area (Å²) in [6.07, 6.45) is 5.96. The van der Waals surface area contributed by atoms with Gasteiger partial charge in [0.2, 0.25) is 6.41 Å². The SMILES string of the molecule is CCCn1c(Oc2ccc(NC=O)cc2)nc2nc(C3CCCC3)[nH]c2c1=O. The number of rotatable bonds is 7. The highest BCUT2D eigenvalue weighted by atomic mass is 16.5. The molecule has 0 aliphatic heterocycles. The van der Waals surface area contributed by atoms with Crippen LogP contribution in [0.25, 0.3) is 11.2 Å². The molecule has 0 unspecified atom stereocenters. The third kappa shape index (κ3) is 3.49. The van der Waals surface area contributed by atoms with Gasteiger partial charge in [-0.1, -0.05) is 19.8 Å². The predicted octanol–water partition coefficient (Wildman–Crippen LogP) is 3.55. The minimum atomic E-state index is -0.169. The molecule has 2 N–H and O–H groups in total. The lowest BCUT2D eigenvalue weighted by Crippen LogP contribution is -2.23. The highest BCUT2D eigenvalue weighted by Crippen LogP contribution is 2.33. The van der Waals surface area contributed by atoms with E-state index in [1.165, 1.54) is 17.4 Å². The van der Waals surface area contributed by atoms with Crippen LogP contribution < -0.4 is 15.6 Å². The number of aromatic amines is 1. The number of hydrogen-bond acceptors (Lipinski definition) is 5. The van der Waals surface area contributed by atoms with Gasteiger partial charge >= 0.3 is 6.01 Å². The maximum absolute atomic E-state index is 13.0. The Bertz CT molecular complexity index is 1030. The summed E-state index contributed by atoms with van der Waals surface area (Å²) < 4.78 is 7.44. The van der Waals surface area contributed by atoms with Crippen LogP contribution in [0.5, 0.6) is 11.8 Å². The molecule has 28 heavy (non-hydrogen) atoms. The van der Waals surface area contributed by atoms with Crippen LogP contribution in [0, 0.1) is 0 Å². The summed E-state index contributed by atoms with van der Waals surface area (Å²) in [6, 6.07) is 7.09. The Morgan fingerprint density at radius 1 is 1.25 bits per heavy atom. The van der Waals surface area contributed by atoms with Gasteiger partial charge in [-0.05, 0) is 43.5 Å². The van der Waals surface area contributed by atoms with Gasteiger partial charge in [-0.3, -0.25) is 14.2 Å². The zero-order valence-electron chi connectivity index (χ0n) is 15.8. The van der Waals surface area contributed by atoms with Crippen LogP contribution in [0.15, 0.2) is 29.1 Å². The van der Waals surface area contributed by atoms with E-state index in [1.807, 2.05) is 6.92 Å². The molecule has 2 heterocycles. The molecule has 0 atom stereocenters. The van der Waals surface area contributed by atoms with Crippen molar-refractivity contribution < 1.29 is 9.53 Å². The molecule has 1 aliphatic rings. The predicted molar refractivity (Wildman–Crippen MR) is 106 cm³/mol. The number of carbonyl (C=O) groups excluding carboxylic acids is 1. The Hall–Kier alpha value is -3.16. The van der Waals surface area contributed by atoms with Crippen molar-refractivity contribution in [3.63, 3.8) is 0 Å². The number of nitrogens with zero attached hydrogens (tertiary/aromatic N) is 3. The van der Waals surface area contributed by atoms with Crippen molar-refractivity contribution in [2.45, 2.75) is 51.5 Å². The van der Waals surface area contributed by atoms with Crippen LogP contribution in [0.4, 0.5) is 5.69 Å². The van der Waals surface area contributed by atoms with Crippen molar-refractivity contribution in [1.29, 1.82) is 0 Å². The topological polar surface area (TPSA) is 102 Å². The van der Waals surface area contributed by atoms with Crippen LogP contribution in [0.2, 0.25) is 0 Å². The molecule has 2 aromatic heterocycles. The molecule has 146 valence electrons. The van der Waals surface area contributed by atoms with Crippen LogP contribution in [-0.4, -0.2) is 25.9 Å². The fourth-order valence-electron chi connectivity index (χ4n) is 3.67. The first kappa shape index (κ1) is 18.2. The number of nitrogens with one attached hydrogen (secondary N) is 2. The van der Waals surface area contributed by atoms with Crippen molar-refractivity contribution in [3.05, 3.63) is 40.4 Å². The minimum Gasteiger partial charge on any atom is -0.425 e. The molecule has 1 amide bonds. The highest BCUT2D eigenvalue weighted by molar-refractivity contribution is 5.71. The lowest BCUT2D eigenvalue weighted by Gasteiger charge is -2.11. The molecule has 1 saturated carbocycles. The molecular weight excluding hydrogens is 358 g/mol. The summed E-state index contributed by atoms with van der Waals surface area (Å²) in [4.78, 5) is 35.9. The summed E-state index contributed by atoms with van der Waals surface area (Å²) in [5.41, 5.74) is 1.32. The molecule has 1 fully saturated rings. The molecule has 0 spiro atoms. The molecule has 0 bridgehead atoms. The van der Waals surface area contributed by atoms with Gasteiger partial charge < -0.3 is 15.0 Å². The second kappa shape index (κ2) is 7.84. The van der Waals surface area contributed by atoms with E-state index >= 15 is 0 Å². The van der Waals surface area contributed by atoms with Crippen molar-refractivity contribution in [2.75, 3.05) is 5.32 Å². The van der Waals surface area contributed by atoms with Crippen molar-refractivity contribution >= 4 is 23.3 Å². The van der Waals surface area contributed by atoms with E-state index < -0.39 is 0 Å². The summed E-state index contributed by atoms with van der Waals surface area (Å²) in [7, 11) is 0. The summed E-state index contributed by atoms with van der Waals surface area (Å²) in [5.74, 6) is 1.75. The van der Waals surface area contributed by atoms with Gasteiger partial charge in [0.15, 0.2) is 11.2 Å². The normalized spacial score (nSPS) is 14.5. The molecular formula is C20H23N5O3. The quantitative estimate of drug-likeness (QED) is 0.610. The number of carbonyl (C=O) groups is 1. The van der Waals surface area contributed by atoms with E-state index in [1.54, 1.807) is 24.3 Å². The van der Waals surface area contributed by atoms with Gasteiger partial charge in [0.1, 0.15) is 11.6 Å². The van der Waals surface area contributed by atoms with Crippen LogP contribution in [0.3, 0.4) is 0 Å². The summed E-state index contributed by atoms with van der Waals surface area (Å²) >= 11 is 0. The second-order valence-electron chi connectivity index (χ2n) is 7.04. The van der Waals surface area contributed by atoms with E-state index in [2.05, 4.69) is 20.3 Å². The lowest BCUT2D eigenvalue weighted by molar-refractivity contribution is -0.105. The van der Waals surface area contributed by atoms with Crippen molar-refractivity contribution in [1.82, 2.24) is 19.5 Å². The summed E-state index contributed by atoms with van der Waals surface area (Å²) in [5, 5.41) is 2.57. The van der Waals surface area contributed by atoms with Gasteiger partial charge in [0.25, 0.3) is 5.56 Å².